The molecule has 6 nitrogen and oxygen atoms in total. The van der Waals surface area contributed by atoms with Crippen LogP contribution in [0.3, 0.4) is 0 Å². The Balaban J connectivity index is 2.12. The summed E-state index contributed by atoms with van der Waals surface area (Å²) >= 11 is 0. The third-order valence-corrected chi connectivity index (χ3v) is 2.15. The molecule has 1 aliphatic heterocycles. The van der Waals surface area contributed by atoms with Gasteiger partial charge in [-0.25, -0.2) is 0 Å². The Hall–Kier alpha value is -1.24. The maximum absolute atomic E-state index is 11.1. The van der Waals surface area contributed by atoms with Gasteiger partial charge in [0.1, 0.15) is 0 Å². The standard InChI is InChI=1S/C10H16N2O4/c1-16-7-8(13)6-11-4-5-12-9(14)2-3-10(12)15/h2-3,8,11,13H,4-7H2,1H3. The Labute approximate surface area is 93.9 Å². The van der Waals surface area contributed by atoms with Crippen molar-refractivity contribution in [3.63, 3.8) is 0 Å². The summed E-state index contributed by atoms with van der Waals surface area (Å²) in [5.41, 5.74) is 0. The number of hydrogen-bond donors (Lipinski definition) is 2. The second-order valence-electron chi connectivity index (χ2n) is 3.47. The van der Waals surface area contributed by atoms with Crippen LogP contribution in [0.5, 0.6) is 0 Å². The predicted molar refractivity (Wildman–Crippen MR) is 56.6 cm³/mol. The van der Waals surface area contributed by atoms with E-state index in [1.165, 1.54) is 19.3 Å². The zero-order valence-corrected chi connectivity index (χ0v) is 9.18. The third-order valence-electron chi connectivity index (χ3n) is 2.15. The quantitative estimate of drug-likeness (QED) is 0.410. The smallest absolute Gasteiger partial charge is 0.253 e. The summed E-state index contributed by atoms with van der Waals surface area (Å²) in [6, 6.07) is 0. The number of nitrogens with zero attached hydrogens (tertiary/aromatic N) is 1. The molecule has 0 aliphatic carbocycles. The van der Waals surface area contributed by atoms with Crippen LogP contribution in [-0.4, -0.2) is 61.3 Å². The number of hydrogen-bond acceptors (Lipinski definition) is 5. The topological polar surface area (TPSA) is 78.9 Å². The van der Waals surface area contributed by atoms with Crippen molar-refractivity contribution in [3.8, 4) is 0 Å². The van der Waals surface area contributed by atoms with E-state index in [2.05, 4.69) is 5.32 Å². The van der Waals surface area contributed by atoms with E-state index in [4.69, 9.17) is 4.74 Å². The van der Waals surface area contributed by atoms with Crippen molar-refractivity contribution in [1.82, 2.24) is 10.2 Å². The summed E-state index contributed by atoms with van der Waals surface area (Å²) < 4.78 is 4.75. The van der Waals surface area contributed by atoms with Crippen LogP contribution >= 0.6 is 0 Å². The van der Waals surface area contributed by atoms with Crippen LogP contribution in [0, 0.1) is 0 Å². The molecule has 1 atom stereocenters. The number of aliphatic hydroxyl groups is 1. The fourth-order valence-electron chi connectivity index (χ4n) is 1.36. The summed E-state index contributed by atoms with van der Waals surface area (Å²) in [6.07, 6.45) is 1.93. The first-order chi connectivity index (χ1) is 7.65. The van der Waals surface area contributed by atoms with E-state index >= 15 is 0 Å². The highest BCUT2D eigenvalue weighted by atomic mass is 16.5. The largest absolute Gasteiger partial charge is 0.389 e. The SMILES string of the molecule is COCC(O)CNCCN1C(=O)C=CC1=O. The fraction of sp³-hybridized carbons (Fsp3) is 0.600. The van der Waals surface area contributed by atoms with Crippen molar-refractivity contribution in [2.45, 2.75) is 6.10 Å². The summed E-state index contributed by atoms with van der Waals surface area (Å²) in [5.74, 6) is -0.575. The molecule has 2 N–H and O–H groups in total. The van der Waals surface area contributed by atoms with Crippen molar-refractivity contribution >= 4 is 11.8 Å². The van der Waals surface area contributed by atoms with E-state index in [0.29, 0.717) is 19.6 Å². The number of methoxy groups -OCH3 is 1. The lowest BCUT2D eigenvalue weighted by molar-refractivity contribution is -0.136. The van der Waals surface area contributed by atoms with Crippen molar-refractivity contribution in [3.05, 3.63) is 12.2 Å². The maximum atomic E-state index is 11.1. The second kappa shape index (κ2) is 6.37. The first-order valence-corrected chi connectivity index (χ1v) is 5.06. The number of ether oxygens (including phenoxy) is 1. The molecule has 0 aromatic heterocycles. The molecule has 1 aliphatic rings. The lowest BCUT2D eigenvalue weighted by atomic mass is 10.3. The molecule has 0 saturated carbocycles. The number of carbonyl (C=O) groups excluding carboxylic acids is 2. The Bertz CT molecular complexity index is 273. The van der Waals surface area contributed by atoms with Gasteiger partial charge >= 0.3 is 0 Å². The molecule has 1 rings (SSSR count). The Morgan fingerprint density at radius 1 is 1.44 bits per heavy atom. The minimum Gasteiger partial charge on any atom is -0.389 e. The van der Waals surface area contributed by atoms with Gasteiger partial charge in [0.25, 0.3) is 11.8 Å². The van der Waals surface area contributed by atoms with Gasteiger partial charge in [-0.15, -0.1) is 0 Å². The van der Waals surface area contributed by atoms with Gasteiger partial charge in [-0.05, 0) is 0 Å². The van der Waals surface area contributed by atoms with Crippen LogP contribution in [0.4, 0.5) is 0 Å². The average molecular weight is 228 g/mol. The van der Waals surface area contributed by atoms with Crippen molar-refractivity contribution in [1.29, 1.82) is 0 Å². The molecule has 0 saturated heterocycles. The second-order valence-corrected chi connectivity index (χ2v) is 3.47. The molecule has 6 heteroatoms. The molecular formula is C10H16N2O4. The summed E-state index contributed by atoms with van der Waals surface area (Å²) in [6.45, 7) is 1.40. The van der Waals surface area contributed by atoms with Gasteiger partial charge in [0.2, 0.25) is 0 Å². The highest BCUT2D eigenvalue weighted by Crippen LogP contribution is 2.01. The van der Waals surface area contributed by atoms with Crippen LogP contribution < -0.4 is 5.32 Å². The van der Waals surface area contributed by atoms with E-state index in [9.17, 15) is 14.7 Å². The van der Waals surface area contributed by atoms with Gasteiger partial charge in [-0.3, -0.25) is 14.5 Å². The van der Waals surface area contributed by atoms with Gasteiger partial charge in [0.05, 0.1) is 12.7 Å². The molecule has 2 amide bonds. The van der Waals surface area contributed by atoms with Crippen molar-refractivity contribution in [2.75, 3.05) is 33.4 Å². The lowest BCUT2D eigenvalue weighted by Gasteiger charge is -2.15. The summed E-state index contributed by atoms with van der Waals surface area (Å²) in [4.78, 5) is 23.4. The predicted octanol–water partition coefficient (Wildman–Crippen LogP) is -1.49. The number of carbonyl (C=O) groups is 2. The first-order valence-electron chi connectivity index (χ1n) is 5.06. The van der Waals surface area contributed by atoms with Crippen LogP contribution in [0.2, 0.25) is 0 Å². The summed E-state index contributed by atoms with van der Waals surface area (Å²) in [7, 11) is 1.51. The van der Waals surface area contributed by atoms with Gasteiger partial charge in [0.15, 0.2) is 0 Å². The van der Waals surface area contributed by atoms with Crippen LogP contribution in [0.25, 0.3) is 0 Å². The number of nitrogens with one attached hydrogen (secondary N) is 1. The van der Waals surface area contributed by atoms with Gasteiger partial charge in [-0.2, -0.15) is 0 Å². The Morgan fingerprint density at radius 3 is 2.62 bits per heavy atom. The molecular weight excluding hydrogens is 212 g/mol. The van der Waals surface area contributed by atoms with Gasteiger partial charge < -0.3 is 15.2 Å². The number of aliphatic hydroxyl groups excluding tert-OH is 1. The maximum Gasteiger partial charge on any atom is 0.253 e. The van der Waals surface area contributed by atoms with E-state index in [1.807, 2.05) is 0 Å². The monoisotopic (exact) mass is 228 g/mol. The van der Waals surface area contributed by atoms with Crippen molar-refractivity contribution < 1.29 is 19.4 Å². The van der Waals surface area contributed by atoms with Crippen LogP contribution in [0.1, 0.15) is 0 Å². The lowest BCUT2D eigenvalue weighted by Crippen LogP contribution is -2.39. The fourth-order valence-corrected chi connectivity index (χ4v) is 1.36. The Morgan fingerprint density at radius 2 is 2.06 bits per heavy atom. The molecule has 90 valence electrons. The minimum absolute atomic E-state index is 0.260. The molecule has 1 unspecified atom stereocenters. The summed E-state index contributed by atoms with van der Waals surface area (Å²) in [5, 5.41) is 12.2. The molecule has 0 radical (unpaired) electrons. The van der Waals surface area contributed by atoms with Crippen molar-refractivity contribution in [2.24, 2.45) is 0 Å². The Kier molecular flexibility index (Phi) is 5.10. The first kappa shape index (κ1) is 12.8. The number of imide groups is 1. The van der Waals surface area contributed by atoms with E-state index < -0.39 is 6.10 Å². The number of rotatable bonds is 7. The van der Waals surface area contributed by atoms with Crippen LogP contribution in [0.15, 0.2) is 12.2 Å². The van der Waals surface area contributed by atoms with E-state index in [-0.39, 0.29) is 18.4 Å². The van der Waals surface area contributed by atoms with Crippen LogP contribution in [-0.2, 0) is 14.3 Å². The van der Waals surface area contributed by atoms with Gasteiger partial charge in [0, 0.05) is 38.9 Å². The molecule has 0 aromatic carbocycles. The van der Waals surface area contributed by atoms with E-state index in [0.717, 1.165) is 4.90 Å². The molecule has 1 heterocycles. The third kappa shape index (κ3) is 3.73. The molecule has 0 aromatic rings. The zero-order valence-electron chi connectivity index (χ0n) is 9.18. The highest BCUT2D eigenvalue weighted by Gasteiger charge is 2.22. The molecule has 16 heavy (non-hydrogen) atoms. The highest BCUT2D eigenvalue weighted by molar-refractivity contribution is 6.12. The average Bonchev–Trinajstić information content (AvgIpc) is 2.55. The number of amides is 2. The minimum atomic E-state index is -0.576. The van der Waals surface area contributed by atoms with Gasteiger partial charge in [-0.1, -0.05) is 0 Å². The molecule has 0 spiro atoms. The van der Waals surface area contributed by atoms with E-state index in [1.54, 1.807) is 0 Å². The zero-order chi connectivity index (χ0) is 12.0. The normalized spacial score (nSPS) is 17.2. The molecule has 0 fully saturated rings. The molecule has 0 bridgehead atoms.